The Hall–Kier alpha value is -2.55. The molecule has 0 spiro atoms. The number of para-hydroxylation sites is 1. The zero-order valence-electron chi connectivity index (χ0n) is 13.8. The number of H-pyrrole nitrogens is 1. The predicted octanol–water partition coefficient (Wildman–Crippen LogP) is 4.18. The lowest BCUT2D eigenvalue weighted by Crippen LogP contribution is -2.36. The molecule has 0 aliphatic heterocycles. The van der Waals surface area contributed by atoms with Crippen LogP contribution in [0.25, 0.3) is 10.9 Å². The summed E-state index contributed by atoms with van der Waals surface area (Å²) in [7, 11) is 0. The summed E-state index contributed by atoms with van der Waals surface area (Å²) in [6, 6.07) is 15.9. The van der Waals surface area contributed by atoms with Crippen LogP contribution in [-0.4, -0.2) is 17.4 Å². The lowest BCUT2D eigenvalue weighted by Gasteiger charge is -2.25. The Morgan fingerprint density at radius 2 is 1.91 bits per heavy atom. The normalized spacial score (nSPS) is 11.6. The van der Waals surface area contributed by atoms with Crippen LogP contribution in [0.3, 0.4) is 0 Å². The second-order valence-electron chi connectivity index (χ2n) is 6.68. The standard InChI is InChI=1S/C20H22N2O/c1-14-7-6-8-15(11-14)19(23)22-13-20(2,3)17-12-21-18-10-5-4-9-16(17)18/h4-12,21H,13H2,1-3H3,(H,22,23). The van der Waals surface area contributed by atoms with Crippen molar-refractivity contribution in [1.82, 2.24) is 10.3 Å². The highest BCUT2D eigenvalue weighted by Crippen LogP contribution is 2.29. The van der Waals surface area contributed by atoms with E-state index in [1.54, 1.807) is 0 Å². The number of fused-ring (bicyclic) bond motifs is 1. The van der Waals surface area contributed by atoms with Crippen molar-refractivity contribution < 1.29 is 4.79 Å². The fourth-order valence-electron chi connectivity index (χ4n) is 2.92. The number of benzene rings is 2. The molecule has 0 bridgehead atoms. The summed E-state index contributed by atoms with van der Waals surface area (Å²) >= 11 is 0. The molecule has 0 aliphatic rings. The maximum atomic E-state index is 12.4. The molecule has 1 aromatic heterocycles. The van der Waals surface area contributed by atoms with Crippen molar-refractivity contribution >= 4 is 16.8 Å². The minimum absolute atomic E-state index is 0.0263. The van der Waals surface area contributed by atoms with Crippen LogP contribution in [0.15, 0.2) is 54.7 Å². The Bertz CT molecular complexity index is 845. The van der Waals surface area contributed by atoms with E-state index < -0.39 is 0 Å². The molecule has 0 radical (unpaired) electrons. The van der Waals surface area contributed by atoms with E-state index in [2.05, 4.69) is 36.3 Å². The summed E-state index contributed by atoms with van der Waals surface area (Å²) < 4.78 is 0. The largest absolute Gasteiger partial charge is 0.361 e. The first kappa shape index (κ1) is 15.3. The molecule has 23 heavy (non-hydrogen) atoms. The minimum Gasteiger partial charge on any atom is -0.361 e. The lowest BCUT2D eigenvalue weighted by molar-refractivity contribution is 0.0945. The molecule has 2 aromatic carbocycles. The van der Waals surface area contributed by atoms with Gasteiger partial charge in [0.15, 0.2) is 0 Å². The average Bonchev–Trinajstić information content (AvgIpc) is 2.97. The molecule has 0 saturated heterocycles. The number of amides is 1. The zero-order valence-corrected chi connectivity index (χ0v) is 13.8. The van der Waals surface area contributed by atoms with Gasteiger partial charge in [0, 0.05) is 34.6 Å². The fourth-order valence-corrected chi connectivity index (χ4v) is 2.92. The van der Waals surface area contributed by atoms with Gasteiger partial charge in [-0.2, -0.15) is 0 Å². The highest BCUT2D eigenvalue weighted by atomic mass is 16.1. The summed E-state index contributed by atoms with van der Waals surface area (Å²) in [6.45, 7) is 6.88. The third-order valence-electron chi connectivity index (χ3n) is 4.29. The van der Waals surface area contributed by atoms with E-state index in [0.717, 1.165) is 11.1 Å². The molecule has 3 rings (SSSR count). The molecule has 1 amide bonds. The van der Waals surface area contributed by atoms with Crippen LogP contribution >= 0.6 is 0 Å². The number of rotatable bonds is 4. The smallest absolute Gasteiger partial charge is 0.251 e. The molecular weight excluding hydrogens is 284 g/mol. The molecule has 0 atom stereocenters. The first-order valence-corrected chi connectivity index (χ1v) is 7.89. The third-order valence-corrected chi connectivity index (χ3v) is 4.29. The zero-order chi connectivity index (χ0) is 16.4. The number of aromatic nitrogens is 1. The Morgan fingerprint density at radius 3 is 2.70 bits per heavy atom. The minimum atomic E-state index is -0.154. The van der Waals surface area contributed by atoms with Gasteiger partial charge in [-0.25, -0.2) is 0 Å². The van der Waals surface area contributed by atoms with Crippen molar-refractivity contribution in [2.45, 2.75) is 26.2 Å². The van der Waals surface area contributed by atoms with Gasteiger partial charge in [-0.1, -0.05) is 49.7 Å². The molecular formula is C20H22N2O. The lowest BCUT2D eigenvalue weighted by atomic mass is 9.84. The van der Waals surface area contributed by atoms with Gasteiger partial charge in [0.05, 0.1) is 0 Å². The average molecular weight is 306 g/mol. The first-order valence-electron chi connectivity index (χ1n) is 7.89. The second kappa shape index (κ2) is 5.92. The van der Waals surface area contributed by atoms with Crippen LogP contribution in [0, 0.1) is 6.92 Å². The molecule has 0 fully saturated rings. The molecule has 3 nitrogen and oxygen atoms in total. The summed E-state index contributed by atoms with van der Waals surface area (Å²) in [5, 5.41) is 4.28. The number of carbonyl (C=O) groups is 1. The Morgan fingerprint density at radius 1 is 1.13 bits per heavy atom. The monoisotopic (exact) mass is 306 g/mol. The third kappa shape index (κ3) is 3.14. The second-order valence-corrected chi connectivity index (χ2v) is 6.68. The van der Waals surface area contributed by atoms with Gasteiger partial charge in [0.2, 0.25) is 0 Å². The SMILES string of the molecule is Cc1cccc(C(=O)NCC(C)(C)c2c[nH]c3ccccc23)c1. The van der Waals surface area contributed by atoms with Crippen molar-refractivity contribution in [3.05, 3.63) is 71.4 Å². The molecule has 0 saturated carbocycles. The number of aromatic amines is 1. The Labute approximate surface area is 136 Å². The van der Waals surface area contributed by atoms with E-state index in [0.29, 0.717) is 12.1 Å². The topological polar surface area (TPSA) is 44.9 Å². The van der Waals surface area contributed by atoms with Crippen LogP contribution in [0.1, 0.15) is 35.3 Å². The molecule has 1 heterocycles. The summed E-state index contributed by atoms with van der Waals surface area (Å²) in [5.41, 5.74) is 3.99. The van der Waals surface area contributed by atoms with E-state index in [1.165, 1.54) is 10.9 Å². The quantitative estimate of drug-likeness (QED) is 0.746. The van der Waals surface area contributed by atoms with Gasteiger partial charge < -0.3 is 10.3 Å². The number of hydrogen-bond donors (Lipinski definition) is 2. The van der Waals surface area contributed by atoms with Crippen molar-refractivity contribution in [2.24, 2.45) is 0 Å². The molecule has 3 heteroatoms. The molecule has 0 aliphatic carbocycles. The van der Waals surface area contributed by atoms with Gasteiger partial charge >= 0.3 is 0 Å². The Balaban J connectivity index is 1.77. The van der Waals surface area contributed by atoms with E-state index >= 15 is 0 Å². The highest BCUT2D eigenvalue weighted by molar-refractivity contribution is 5.94. The number of nitrogens with one attached hydrogen (secondary N) is 2. The van der Waals surface area contributed by atoms with Crippen LogP contribution in [-0.2, 0) is 5.41 Å². The van der Waals surface area contributed by atoms with Gasteiger partial charge in [0.25, 0.3) is 5.91 Å². The molecule has 2 N–H and O–H groups in total. The summed E-state index contributed by atoms with van der Waals surface area (Å²) in [4.78, 5) is 15.7. The van der Waals surface area contributed by atoms with Crippen molar-refractivity contribution in [2.75, 3.05) is 6.54 Å². The fraction of sp³-hybridized carbons (Fsp3) is 0.250. The molecule has 118 valence electrons. The predicted molar refractivity (Wildman–Crippen MR) is 94.8 cm³/mol. The van der Waals surface area contributed by atoms with Gasteiger partial charge in [0.1, 0.15) is 0 Å². The molecule has 3 aromatic rings. The maximum Gasteiger partial charge on any atom is 0.251 e. The number of carbonyl (C=O) groups excluding carboxylic acids is 1. The number of hydrogen-bond acceptors (Lipinski definition) is 1. The Kier molecular flexibility index (Phi) is 3.95. The van der Waals surface area contributed by atoms with E-state index in [9.17, 15) is 4.79 Å². The summed E-state index contributed by atoms with van der Waals surface area (Å²) in [5.74, 6) is -0.0263. The number of aryl methyl sites for hydroxylation is 1. The van der Waals surface area contributed by atoms with Crippen molar-refractivity contribution in [1.29, 1.82) is 0 Å². The highest BCUT2D eigenvalue weighted by Gasteiger charge is 2.24. The van der Waals surface area contributed by atoms with Gasteiger partial charge in [-0.3, -0.25) is 4.79 Å². The van der Waals surface area contributed by atoms with Crippen molar-refractivity contribution in [3.8, 4) is 0 Å². The van der Waals surface area contributed by atoms with E-state index in [4.69, 9.17) is 0 Å². The van der Waals surface area contributed by atoms with Gasteiger partial charge in [-0.05, 0) is 30.7 Å². The van der Waals surface area contributed by atoms with Crippen LogP contribution in [0.2, 0.25) is 0 Å². The van der Waals surface area contributed by atoms with E-state index in [1.807, 2.05) is 49.5 Å². The van der Waals surface area contributed by atoms with Crippen molar-refractivity contribution in [3.63, 3.8) is 0 Å². The first-order chi connectivity index (χ1) is 11.0. The molecule has 0 unspecified atom stereocenters. The van der Waals surface area contributed by atoms with Crippen LogP contribution in [0.4, 0.5) is 0 Å². The van der Waals surface area contributed by atoms with Crippen LogP contribution < -0.4 is 5.32 Å². The van der Waals surface area contributed by atoms with Crippen LogP contribution in [0.5, 0.6) is 0 Å². The van der Waals surface area contributed by atoms with Gasteiger partial charge in [-0.15, -0.1) is 0 Å². The maximum absolute atomic E-state index is 12.4. The summed E-state index contributed by atoms with van der Waals surface area (Å²) in [6.07, 6.45) is 2.05. The van der Waals surface area contributed by atoms with E-state index in [-0.39, 0.29) is 11.3 Å².